The van der Waals surface area contributed by atoms with E-state index >= 15 is 0 Å². The van der Waals surface area contributed by atoms with Gasteiger partial charge in [0.2, 0.25) is 0 Å². The molecule has 4 rings (SSSR count). The number of benzene rings is 3. The first-order valence-electron chi connectivity index (χ1n) is 14.5. The molecule has 1 aliphatic heterocycles. The molecule has 0 aliphatic carbocycles. The van der Waals surface area contributed by atoms with Crippen molar-refractivity contribution in [2.45, 2.75) is 76.7 Å². The molecule has 224 valence electrons. The van der Waals surface area contributed by atoms with Gasteiger partial charge < -0.3 is 28.4 Å². The molecule has 0 amide bonds. The average Bonchev–Trinajstić information content (AvgIpc) is 3.37. The highest BCUT2D eigenvalue weighted by Gasteiger charge is 2.35. The number of rotatable bonds is 17. The molecule has 4 atom stereocenters. The molecule has 0 N–H and O–H groups in total. The lowest BCUT2D eigenvalue weighted by atomic mass is 10.1. The van der Waals surface area contributed by atoms with E-state index in [-0.39, 0.29) is 25.1 Å². The Bertz CT molecular complexity index is 1200. The molecule has 0 bridgehead atoms. The zero-order valence-electron chi connectivity index (χ0n) is 24.6. The second-order valence-corrected chi connectivity index (χ2v) is 10.8. The molecular formula is C35H42O7. The van der Waals surface area contributed by atoms with Crippen LogP contribution in [0.4, 0.5) is 0 Å². The summed E-state index contributed by atoms with van der Waals surface area (Å²) in [5, 5.41) is 0. The van der Waals surface area contributed by atoms with Gasteiger partial charge in [-0.3, -0.25) is 4.79 Å². The summed E-state index contributed by atoms with van der Waals surface area (Å²) < 4.78 is 36.4. The van der Waals surface area contributed by atoms with Crippen molar-refractivity contribution in [3.8, 4) is 0 Å². The van der Waals surface area contributed by atoms with Crippen LogP contribution in [0.2, 0.25) is 0 Å². The Hall–Kier alpha value is -3.33. The van der Waals surface area contributed by atoms with Crippen LogP contribution in [0, 0.1) is 0 Å². The van der Waals surface area contributed by atoms with Crippen molar-refractivity contribution in [1.82, 2.24) is 0 Å². The van der Waals surface area contributed by atoms with E-state index in [4.69, 9.17) is 28.4 Å². The van der Waals surface area contributed by atoms with Crippen LogP contribution in [0.1, 0.15) is 43.4 Å². The minimum atomic E-state index is -0.749. The average molecular weight is 575 g/mol. The van der Waals surface area contributed by atoms with Crippen molar-refractivity contribution < 1.29 is 33.2 Å². The van der Waals surface area contributed by atoms with Crippen LogP contribution >= 0.6 is 0 Å². The quantitative estimate of drug-likeness (QED) is 0.136. The van der Waals surface area contributed by atoms with E-state index in [0.717, 1.165) is 16.7 Å². The smallest absolute Gasteiger partial charge is 0.306 e. The molecule has 1 heterocycles. The van der Waals surface area contributed by atoms with Gasteiger partial charge in [0.15, 0.2) is 11.9 Å². The van der Waals surface area contributed by atoms with Crippen molar-refractivity contribution in [1.29, 1.82) is 0 Å². The van der Waals surface area contributed by atoms with E-state index in [2.05, 4.69) is 6.58 Å². The van der Waals surface area contributed by atoms with Crippen LogP contribution in [0.3, 0.4) is 0 Å². The lowest BCUT2D eigenvalue weighted by Crippen LogP contribution is -2.45. The van der Waals surface area contributed by atoms with Gasteiger partial charge in [-0.2, -0.15) is 0 Å². The van der Waals surface area contributed by atoms with E-state index in [1.165, 1.54) is 0 Å². The van der Waals surface area contributed by atoms with Crippen molar-refractivity contribution in [3.05, 3.63) is 120 Å². The van der Waals surface area contributed by atoms with Gasteiger partial charge in [-0.05, 0) is 37.0 Å². The monoisotopic (exact) mass is 574 g/mol. The molecule has 0 saturated carbocycles. The standard InChI is InChI=1S/C35H42O7/c1-4-31(38-23-28-16-10-6-11-17-28)34(39-24-29-18-12-7-13-19-29)32(26-37-22-27-14-8-5-9-15-27)41-33(36)21-20-30-25-40-35(2,3)42-30/h4-19,30-32,34H,1,20-26H2,2-3H3/t30-,31+,32+,34+/m0/s1. The minimum absolute atomic E-state index is 0.120. The highest BCUT2D eigenvalue weighted by Crippen LogP contribution is 2.25. The van der Waals surface area contributed by atoms with Gasteiger partial charge in [0.05, 0.1) is 39.1 Å². The summed E-state index contributed by atoms with van der Waals surface area (Å²) in [6, 6.07) is 29.6. The van der Waals surface area contributed by atoms with E-state index in [9.17, 15) is 4.79 Å². The number of carbonyl (C=O) groups excluding carboxylic acids is 1. The lowest BCUT2D eigenvalue weighted by molar-refractivity contribution is -0.177. The SMILES string of the molecule is C=C[C@@H](OCc1ccccc1)[C@@H](OCc1ccccc1)[C@@H](COCc1ccccc1)OC(=O)CC[C@H]1COC(C)(C)O1. The van der Waals surface area contributed by atoms with Gasteiger partial charge in [-0.15, -0.1) is 6.58 Å². The molecule has 0 unspecified atom stereocenters. The van der Waals surface area contributed by atoms with Crippen molar-refractivity contribution in [3.63, 3.8) is 0 Å². The van der Waals surface area contributed by atoms with Gasteiger partial charge in [0.25, 0.3) is 0 Å². The number of hydrogen-bond donors (Lipinski definition) is 0. The Balaban J connectivity index is 1.48. The van der Waals surface area contributed by atoms with Gasteiger partial charge >= 0.3 is 5.97 Å². The number of esters is 1. The fraction of sp³-hybridized carbons (Fsp3) is 0.400. The minimum Gasteiger partial charge on any atom is -0.457 e. The molecule has 3 aromatic carbocycles. The van der Waals surface area contributed by atoms with Crippen LogP contribution in [-0.4, -0.2) is 49.4 Å². The maximum Gasteiger partial charge on any atom is 0.306 e. The van der Waals surface area contributed by atoms with Gasteiger partial charge in [-0.1, -0.05) is 97.1 Å². The van der Waals surface area contributed by atoms with E-state index in [0.29, 0.717) is 32.8 Å². The van der Waals surface area contributed by atoms with Gasteiger partial charge in [0.1, 0.15) is 12.2 Å². The van der Waals surface area contributed by atoms with Gasteiger partial charge in [-0.25, -0.2) is 0 Å². The predicted molar refractivity (Wildman–Crippen MR) is 160 cm³/mol. The van der Waals surface area contributed by atoms with Crippen molar-refractivity contribution in [2.24, 2.45) is 0 Å². The van der Waals surface area contributed by atoms with Gasteiger partial charge in [0, 0.05) is 6.42 Å². The second kappa shape index (κ2) is 16.3. The summed E-state index contributed by atoms with van der Waals surface area (Å²) in [7, 11) is 0. The van der Waals surface area contributed by atoms with Crippen molar-refractivity contribution >= 4 is 5.97 Å². The third kappa shape index (κ3) is 10.5. The third-order valence-corrected chi connectivity index (χ3v) is 6.91. The first-order valence-corrected chi connectivity index (χ1v) is 14.5. The van der Waals surface area contributed by atoms with Crippen LogP contribution in [0.25, 0.3) is 0 Å². The fourth-order valence-electron chi connectivity index (χ4n) is 4.72. The Labute approximate surface area is 249 Å². The maximum atomic E-state index is 13.2. The highest BCUT2D eigenvalue weighted by molar-refractivity contribution is 5.69. The zero-order valence-corrected chi connectivity index (χ0v) is 24.6. The molecule has 7 heteroatoms. The number of carbonyl (C=O) groups is 1. The van der Waals surface area contributed by atoms with Crippen LogP contribution < -0.4 is 0 Å². The number of ether oxygens (including phenoxy) is 6. The first kappa shape index (κ1) is 31.6. The van der Waals surface area contributed by atoms with E-state index in [1.54, 1.807) is 6.08 Å². The summed E-state index contributed by atoms with van der Waals surface area (Å²) in [5.74, 6) is -1.01. The molecule has 0 spiro atoms. The highest BCUT2D eigenvalue weighted by atomic mass is 16.7. The Morgan fingerprint density at radius 2 is 1.43 bits per heavy atom. The molecule has 3 aromatic rings. The normalized spacial score (nSPS) is 18.2. The molecule has 0 radical (unpaired) electrons. The van der Waals surface area contributed by atoms with Crippen LogP contribution in [0.5, 0.6) is 0 Å². The molecule has 1 fully saturated rings. The zero-order chi connectivity index (χ0) is 29.6. The second-order valence-electron chi connectivity index (χ2n) is 10.8. The molecule has 42 heavy (non-hydrogen) atoms. The molecule has 1 aliphatic rings. The third-order valence-electron chi connectivity index (χ3n) is 6.91. The summed E-state index contributed by atoms with van der Waals surface area (Å²) in [4.78, 5) is 13.2. The molecule has 0 aromatic heterocycles. The summed E-state index contributed by atoms with van der Waals surface area (Å²) >= 11 is 0. The van der Waals surface area contributed by atoms with Crippen molar-refractivity contribution in [2.75, 3.05) is 13.2 Å². The Morgan fingerprint density at radius 3 is 1.95 bits per heavy atom. The Morgan fingerprint density at radius 1 is 0.881 bits per heavy atom. The lowest BCUT2D eigenvalue weighted by Gasteiger charge is -2.32. The summed E-state index contributed by atoms with van der Waals surface area (Å²) in [6.07, 6.45) is 0.207. The fourth-order valence-corrected chi connectivity index (χ4v) is 4.72. The van der Waals surface area contributed by atoms with Crippen LogP contribution in [-0.2, 0) is 53.0 Å². The number of hydrogen-bond acceptors (Lipinski definition) is 7. The van der Waals surface area contributed by atoms with E-state index in [1.807, 2.05) is 105 Å². The molecule has 1 saturated heterocycles. The topological polar surface area (TPSA) is 72.5 Å². The first-order chi connectivity index (χ1) is 20.4. The Kier molecular flexibility index (Phi) is 12.3. The summed E-state index contributed by atoms with van der Waals surface area (Å²) in [5.41, 5.74) is 3.03. The largest absolute Gasteiger partial charge is 0.457 e. The predicted octanol–water partition coefficient (Wildman–Crippen LogP) is 6.40. The molecular weight excluding hydrogens is 532 g/mol. The molecule has 7 nitrogen and oxygen atoms in total. The summed E-state index contributed by atoms with van der Waals surface area (Å²) in [6.45, 7) is 9.34. The maximum absolute atomic E-state index is 13.2. The van der Waals surface area contributed by atoms with Crippen LogP contribution in [0.15, 0.2) is 104 Å². The van der Waals surface area contributed by atoms with E-state index < -0.39 is 24.1 Å².